The van der Waals surface area contributed by atoms with Gasteiger partial charge in [-0.15, -0.1) is 12.4 Å². The van der Waals surface area contributed by atoms with Crippen LogP contribution in [-0.2, 0) is 17.8 Å². The van der Waals surface area contributed by atoms with Crippen molar-refractivity contribution in [1.29, 1.82) is 0 Å². The molecule has 45 heavy (non-hydrogen) atoms. The molecule has 1 unspecified atom stereocenters. The molecule has 1 aliphatic rings. The number of nitrogens with one attached hydrogen (secondary N) is 1. The van der Waals surface area contributed by atoms with Crippen LogP contribution in [0.25, 0.3) is 11.0 Å². The Kier molecular flexibility index (Phi) is 10.6. The number of amides is 1. The molecule has 9 heteroatoms. The van der Waals surface area contributed by atoms with E-state index in [4.69, 9.17) is 9.47 Å². The van der Waals surface area contributed by atoms with Gasteiger partial charge < -0.3 is 19.4 Å². The Morgan fingerprint density at radius 2 is 1.47 bits per heavy atom. The number of H-pyrrole nitrogens is 1. The van der Waals surface area contributed by atoms with Crippen molar-refractivity contribution in [1.82, 2.24) is 19.4 Å². The van der Waals surface area contributed by atoms with Crippen molar-refractivity contribution in [2.45, 2.75) is 44.9 Å². The summed E-state index contributed by atoms with van der Waals surface area (Å²) in [5.74, 6) is 1.58. The van der Waals surface area contributed by atoms with Crippen molar-refractivity contribution in [3.8, 4) is 11.5 Å². The van der Waals surface area contributed by atoms with Crippen molar-refractivity contribution in [3.05, 3.63) is 131 Å². The summed E-state index contributed by atoms with van der Waals surface area (Å²) in [4.78, 5) is 32.8. The molecule has 6 rings (SSSR count). The first-order valence-corrected chi connectivity index (χ1v) is 15.2. The summed E-state index contributed by atoms with van der Waals surface area (Å²) < 4.78 is 13.8. The SMILES string of the molecule is CC(COC(=O)N1CCC(n2c(=O)[nH]c3ccccc32)CC1)N(Cc1ccccc1)Cc1cccc(Oc2ccccc2)c1.Cl. The molecule has 0 bridgehead atoms. The van der Waals surface area contributed by atoms with Gasteiger partial charge in [0, 0.05) is 38.3 Å². The number of fused-ring (bicyclic) bond motifs is 1. The maximum Gasteiger partial charge on any atom is 0.409 e. The lowest BCUT2D eigenvalue weighted by atomic mass is 10.0. The molecular weight excluding hydrogens is 588 g/mol. The van der Waals surface area contributed by atoms with Gasteiger partial charge >= 0.3 is 11.8 Å². The number of ether oxygens (including phenoxy) is 2. The smallest absolute Gasteiger partial charge is 0.409 e. The van der Waals surface area contributed by atoms with Crippen LogP contribution in [0.2, 0.25) is 0 Å². The van der Waals surface area contributed by atoms with Crippen molar-refractivity contribution in [2.75, 3.05) is 19.7 Å². The topological polar surface area (TPSA) is 79.8 Å². The van der Waals surface area contributed by atoms with Crippen molar-refractivity contribution in [3.63, 3.8) is 0 Å². The molecule has 4 aromatic carbocycles. The minimum Gasteiger partial charge on any atom is -0.457 e. The zero-order chi connectivity index (χ0) is 30.3. The molecule has 0 saturated carbocycles. The molecule has 1 amide bonds. The van der Waals surface area contributed by atoms with E-state index in [0.717, 1.165) is 28.1 Å². The van der Waals surface area contributed by atoms with Gasteiger partial charge in [-0.05, 0) is 67.3 Å². The maximum absolute atomic E-state index is 13.1. The molecule has 1 fully saturated rings. The molecule has 8 nitrogen and oxygen atoms in total. The van der Waals surface area contributed by atoms with Crippen LogP contribution in [0.5, 0.6) is 11.5 Å². The van der Waals surface area contributed by atoms with Crippen molar-refractivity contribution < 1.29 is 14.3 Å². The number of piperidine rings is 1. The second-order valence-corrected chi connectivity index (χ2v) is 11.4. The van der Waals surface area contributed by atoms with Gasteiger partial charge in [-0.1, -0.05) is 72.8 Å². The Morgan fingerprint density at radius 1 is 0.844 bits per heavy atom. The predicted molar refractivity (Wildman–Crippen MR) is 179 cm³/mol. The maximum atomic E-state index is 13.1. The molecule has 1 atom stereocenters. The zero-order valence-electron chi connectivity index (χ0n) is 25.4. The van der Waals surface area contributed by atoms with Gasteiger partial charge in [-0.2, -0.15) is 0 Å². The highest BCUT2D eigenvalue weighted by Crippen LogP contribution is 2.26. The number of para-hydroxylation sites is 3. The number of hydrogen-bond acceptors (Lipinski definition) is 5. The monoisotopic (exact) mass is 626 g/mol. The number of nitrogens with zero attached hydrogens (tertiary/aromatic N) is 3. The van der Waals surface area contributed by atoms with Crippen molar-refractivity contribution in [2.24, 2.45) is 0 Å². The molecule has 0 aliphatic carbocycles. The second-order valence-electron chi connectivity index (χ2n) is 11.4. The van der Waals surface area contributed by atoms with E-state index in [0.29, 0.717) is 39.0 Å². The third-order valence-electron chi connectivity index (χ3n) is 8.27. The zero-order valence-corrected chi connectivity index (χ0v) is 26.2. The third kappa shape index (κ3) is 7.95. The third-order valence-corrected chi connectivity index (χ3v) is 8.27. The Hall–Kier alpha value is -4.53. The van der Waals surface area contributed by atoms with Crippen LogP contribution in [0.1, 0.15) is 36.9 Å². The van der Waals surface area contributed by atoms with Crippen molar-refractivity contribution >= 4 is 29.5 Å². The summed E-state index contributed by atoms with van der Waals surface area (Å²) in [6.07, 6.45) is 1.10. The lowest BCUT2D eigenvalue weighted by Gasteiger charge is -2.33. The highest BCUT2D eigenvalue weighted by Gasteiger charge is 2.27. The van der Waals surface area contributed by atoms with Gasteiger partial charge in [0.05, 0.1) is 11.0 Å². The highest BCUT2D eigenvalue weighted by molar-refractivity contribution is 5.85. The molecule has 1 saturated heterocycles. The number of imidazole rings is 1. The number of aromatic amines is 1. The number of carbonyl (C=O) groups excluding carboxylic acids is 1. The minimum absolute atomic E-state index is 0. The number of hydrogen-bond donors (Lipinski definition) is 1. The first-order valence-electron chi connectivity index (χ1n) is 15.2. The Bertz CT molecular complexity index is 1730. The number of benzene rings is 4. The van der Waals surface area contributed by atoms with Gasteiger partial charge in [0.15, 0.2) is 0 Å². The van der Waals surface area contributed by atoms with E-state index in [9.17, 15) is 9.59 Å². The minimum atomic E-state index is -0.306. The van der Waals surface area contributed by atoms with Crippen LogP contribution < -0.4 is 10.4 Å². The normalized spacial score (nSPS) is 14.2. The predicted octanol–water partition coefficient (Wildman–Crippen LogP) is 7.41. The summed E-state index contributed by atoms with van der Waals surface area (Å²) in [7, 11) is 0. The van der Waals surface area contributed by atoms with Crippen LogP contribution in [0.3, 0.4) is 0 Å². The number of carbonyl (C=O) groups is 1. The Balaban J connectivity index is 0.00000400. The first kappa shape index (κ1) is 31.9. The summed E-state index contributed by atoms with van der Waals surface area (Å²) >= 11 is 0. The van der Waals surface area contributed by atoms with Gasteiger partial charge in [0.25, 0.3) is 0 Å². The summed E-state index contributed by atoms with van der Waals surface area (Å²) in [5.41, 5.74) is 3.95. The molecular formula is C36H39ClN4O4. The molecule has 1 aromatic heterocycles. The van der Waals surface area contributed by atoms with E-state index in [1.807, 2.05) is 89.5 Å². The molecule has 2 heterocycles. The lowest BCUT2D eigenvalue weighted by Crippen LogP contribution is -2.42. The molecule has 5 aromatic rings. The first-order chi connectivity index (χ1) is 21.5. The number of halogens is 1. The number of aromatic nitrogens is 2. The fraction of sp³-hybridized carbons (Fsp3) is 0.278. The largest absolute Gasteiger partial charge is 0.457 e. The second kappa shape index (κ2) is 15.0. The number of rotatable bonds is 10. The quantitative estimate of drug-likeness (QED) is 0.175. The van der Waals surface area contributed by atoms with Crippen LogP contribution >= 0.6 is 12.4 Å². The van der Waals surface area contributed by atoms with E-state index >= 15 is 0 Å². The van der Waals surface area contributed by atoms with Gasteiger partial charge in [-0.3, -0.25) is 9.47 Å². The highest BCUT2D eigenvalue weighted by atomic mass is 35.5. The molecule has 1 N–H and O–H groups in total. The summed E-state index contributed by atoms with van der Waals surface area (Å²) in [5, 5.41) is 0. The van der Waals surface area contributed by atoms with Crippen LogP contribution in [0.15, 0.2) is 114 Å². The van der Waals surface area contributed by atoms with E-state index in [1.165, 1.54) is 5.56 Å². The molecule has 0 radical (unpaired) electrons. The molecule has 234 valence electrons. The van der Waals surface area contributed by atoms with Crippen LogP contribution in [-0.4, -0.2) is 51.2 Å². The Morgan fingerprint density at radius 3 is 2.22 bits per heavy atom. The number of likely N-dealkylation sites (tertiary alicyclic amines) is 1. The lowest BCUT2D eigenvalue weighted by molar-refractivity contribution is 0.0567. The molecule has 1 aliphatic heterocycles. The van der Waals surface area contributed by atoms with Gasteiger partial charge in [0.1, 0.15) is 18.1 Å². The van der Waals surface area contributed by atoms with Crippen LogP contribution in [0, 0.1) is 0 Å². The fourth-order valence-corrected chi connectivity index (χ4v) is 5.88. The molecule has 0 spiro atoms. The van der Waals surface area contributed by atoms with E-state index < -0.39 is 0 Å². The average Bonchev–Trinajstić information content (AvgIpc) is 3.40. The van der Waals surface area contributed by atoms with E-state index in [1.54, 1.807) is 4.90 Å². The van der Waals surface area contributed by atoms with E-state index in [2.05, 4.69) is 41.1 Å². The fourth-order valence-electron chi connectivity index (χ4n) is 5.88. The average molecular weight is 627 g/mol. The van der Waals surface area contributed by atoms with Crippen LogP contribution in [0.4, 0.5) is 4.79 Å². The summed E-state index contributed by atoms with van der Waals surface area (Å²) in [6, 6.07) is 36.0. The van der Waals surface area contributed by atoms with E-state index in [-0.39, 0.29) is 42.9 Å². The van der Waals surface area contributed by atoms with Gasteiger partial charge in [0.2, 0.25) is 0 Å². The standard InChI is InChI=1S/C36H38N4O4.ClH/c1-27(26-43-36(42)38-21-19-30(20-22-38)40-34-18-9-8-17-33(34)37-35(40)41)39(24-28-11-4-2-5-12-28)25-29-13-10-16-32(23-29)44-31-14-6-3-7-15-31;/h2-18,23,27,30H,19-22,24-26H2,1H3,(H,37,41);1H. The summed E-state index contributed by atoms with van der Waals surface area (Å²) in [6.45, 7) is 4.85. The van der Waals surface area contributed by atoms with Gasteiger partial charge in [-0.25, -0.2) is 9.59 Å². The Labute approximate surface area is 269 Å².